The van der Waals surface area contributed by atoms with Crippen molar-refractivity contribution < 1.29 is 23.8 Å². The molecule has 0 radical (unpaired) electrons. The molecule has 0 atom stereocenters. The van der Waals surface area contributed by atoms with Gasteiger partial charge in [0.25, 0.3) is 0 Å². The van der Waals surface area contributed by atoms with E-state index in [1.54, 1.807) is 36.4 Å². The Hall–Kier alpha value is -2.96. The zero-order valence-corrected chi connectivity index (χ0v) is 19.1. The molecule has 8 heteroatoms. The SMILES string of the molecule is CCOc1cc(CNc2cc(C(=O)O)ccc2C)cc(Cl)c1OCc1ccc(F)cc1Cl. The van der Waals surface area contributed by atoms with Gasteiger partial charge in [-0.2, -0.15) is 0 Å². The zero-order chi connectivity index (χ0) is 23.3. The second-order valence-electron chi connectivity index (χ2n) is 7.05. The topological polar surface area (TPSA) is 67.8 Å². The van der Waals surface area contributed by atoms with Gasteiger partial charge in [-0.3, -0.25) is 0 Å². The zero-order valence-electron chi connectivity index (χ0n) is 17.5. The van der Waals surface area contributed by atoms with Crippen molar-refractivity contribution in [2.45, 2.75) is 27.0 Å². The minimum absolute atomic E-state index is 0.0949. The predicted octanol–water partition coefficient (Wildman–Crippen LogP) is 6.73. The van der Waals surface area contributed by atoms with E-state index in [2.05, 4.69) is 5.32 Å². The Morgan fingerprint density at radius 1 is 1.06 bits per heavy atom. The van der Waals surface area contributed by atoms with Crippen molar-refractivity contribution in [1.82, 2.24) is 0 Å². The van der Waals surface area contributed by atoms with Gasteiger partial charge in [0.1, 0.15) is 12.4 Å². The number of rotatable bonds is 9. The predicted molar refractivity (Wildman–Crippen MR) is 124 cm³/mol. The summed E-state index contributed by atoms with van der Waals surface area (Å²) in [4.78, 5) is 11.2. The van der Waals surface area contributed by atoms with Crippen molar-refractivity contribution in [3.63, 3.8) is 0 Å². The fraction of sp³-hybridized carbons (Fsp3) is 0.208. The molecule has 3 aromatic rings. The Morgan fingerprint density at radius 3 is 2.53 bits per heavy atom. The fourth-order valence-corrected chi connectivity index (χ4v) is 3.57. The highest BCUT2D eigenvalue weighted by atomic mass is 35.5. The molecule has 0 aliphatic carbocycles. The average Bonchev–Trinajstić information content (AvgIpc) is 2.74. The fourth-order valence-electron chi connectivity index (χ4n) is 3.06. The van der Waals surface area contributed by atoms with Crippen LogP contribution in [0, 0.1) is 12.7 Å². The highest BCUT2D eigenvalue weighted by molar-refractivity contribution is 6.32. The van der Waals surface area contributed by atoms with Crippen LogP contribution in [-0.4, -0.2) is 17.7 Å². The number of carboxylic acids is 1. The Labute approximate surface area is 195 Å². The summed E-state index contributed by atoms with van der Waals surface area (Å²) in [6.45, 7) is 4.64. The lowest BCUT2D eigenvalue weighted by molar-refractivity contribution is 0.0697. The molecule has 0 aliphatic heterocycles. The summed E-state index contributed by atoms with van der Waals surface area (Å²) in [6, 6.07) is 12.5. The molecule has 3 aromatic carbocycles. The largest absolute Gasteiger partial charge is 0.490 e. The number of halogens is 3. The molecule has 0 aromatic heterocycles. The van der Waals surface area contributed by atoms with Gasteiger partial charge in [0.15, 0.2) is 11.5 Å². The molecule has 0 unspecified atom stereocenters. The maximum Gasteiger partial charge on any atom is 0.335 e. The Balaban J connectivity index is 1.79. The van der Waals surface area contributed by atoms with Crippen LogP contribution < -0.4 is 14.8 Å². The Morgan fingerprint density at radius 2 is 1.84 bits per heavy atom. The van der Waals surface area contributed by atoms with E-state index in [1.807, 2.05) is 13.8 Å². The van der Waals surface area contributed by atoms with Crippen LogP contribution >= 0.6 is 23.2 Å². The summed E-state index contributed by atoms with van der Waals surface area (Å²) >= 11 is 12.6. The molecule has 2 N–H and O–H groups in total. The van der Waals surface area contributed by atoms with Gasteiger partial charge in [0.05, 0.1) is 22.2 Å². The lowest BCUT2D eigenvalue weighted by Gasteiger charge is -2.17. The van der Waals surface area contributed by atoms with Gasteiger partial charge >= 0.3 is 5.97 Å². The smallest absolute Gasteiger partial charge is 0.335 e. The molecule has 3 rings (SSSR count). The van der Waals surface area contributed by atoms with Crippen LogP contribution in [-0.2, 0) is 13.2 Å². The van der Waals surface area contributed by atoms with E-state index >= 15 is 0 Å². The van der Waals surface area contributed by atoms with E-state index in [0.717, 1.165) is 11.1 Å². The molecule has 0 amide bonds. The number of carboxylic acid groups (broad SMARTS) is 1. The minimum atomic E-state index is -0.988. The van der Waals surface area contributed by atoms with Crippen LogP contribution in [0.25, 0.3) is 0 Å². The highest BCUT2D eigenvalue weighted by Gasteiger charge is 2.15. The third-order valence-electron chi connectivity index (χ3n) is 4.72. The molecule has 32 heavy (non-hydrogen) atoms. The summed E-state index contributed by atoms with van der Waals surface area (Å²) in [5.41, 5.74) is 3.28. The summed E-state index contributed by atoms with van der Waals surface area (Å²) in [7, 11) is 0. The molecule has 0 bridgehead atoms. The number of anilines is 1. The first-order chi connectivity index (χ1) is 15.3. The van der Waals surface area contributed by atoms with E-state index < -0.39 is 11.8 Å². The maximum absolute atomic E-state index is 13.3. The molecule has 0 spiro atoms. The first-order valence-electron chi connectivity index (χ1n) is 9.88. The molecule has 0 saturated heterocycles. The van der Waals surface area contributed by atoms with Crippen molar-refractivity contribution in [1.29, 1.82) is 0 Å². The van der Waals surface area contributed by atoms with Crippen LogP contribution in [0.15, 0.2) is 48.5 Å². The second-order valence-corrected chi connectivity index (χ2v) is 7.87. The summed E-state index contributed by atoms with van der Waals surface area (Å²) in [5.74, 6) is -0.585. The van der Waals surface area contributed by atoms with Crippen LogP contribution in [0.5, 0.6) is 11.5 Å². The summed E-state index contributed by atoms with van der Waals surface area (Å²) in [5, 5.41) is 13.1. The lowest BCUT2D eigenvalue weighted by Crippen LogP contribution is -2.06. The number of hydrogen-bond donors (Lipinski definition) is 2. The molecule has 5 nitrogen and oxygen atoms in total. The Kier molecular flexibility index (Phi) is 7.83. The molecule has 168 valence electrons. The molecule has 0 aliphatic rings. The second kappa shape index (κ2) is 10.6. The third kappa shape index (κ3) is 5.84. The van der Waals surface area contributed by atoms with Gasteiger partial charge in [-0.25, -0.2) is 9.18 Å². The number of carbonyl (C=O) groups is 1. The normalized spacial score (nSPS) is 10.7. The number of aryl methyl sites for hydroxylation is 1. The van der Waals surface area contributed by atoms with Crippen molar-refractivity contribution in [3.05, 3.63) is 86.6 Å². The van der Waals surface area contributed by atoms with Gasteiger partial charge in [-0.05, 0) is 61.4 Å². The number of benzene rings is 3. The van der Waals surface area contributed by atoms with Crippen molar-refractivity contribution in [2.24, 2.45) is 0 Å². The van der Waals surface area contributed by atoms with E-state index in [9.17, 15) is 14.3 Å². The quantitative estimate of drug-likeness (QED) is 0.357. The van der Waals surface area contributed by atoms with E-state index in [4.69, 9.17) is 32.7 Å². The van der Waals surface area contributed by atoms with Crippen molar-refractivity contribution in [2.75, 3.05) is 11.9 Å². The summed E-state index contributed by atoms with van der Waals surface area (Å²) in [6.07, 6.45) is 0. The van der Waals surface area contributed by atoms with Crippen LogP contribution in [0.4, 0.5) is 10.1 Å². The molecular formula is C24H22Cl2FNO4. The standard InChI is InChI=1S/C24H22Cl2FNO4/c1-3-31-22-9-15(12-28-21-10-16(24(29)30)5-4-14(21)2)8-20(26)23(22)32-13-17-6-7-18(27)11-19(17)25/h4-11,28H,3,12-13H2,1-2H3,(H,29,30). The van der Waals surface area contributed by atoms with E-state index in [-0.39, 0.29) is 17.2 Å². The Bertz CT molecular complexity index is 1140. The van der Waals surface area contributed by atoms with Gasteiger partial charge < -0.3 is 19.9 Å². The average molecular weight is 478 g/mol. The van der Waals surface area contributed by atoms with Crippen molar-refractivity contribution in [3.8, 4) is 11.5 Å². The highest BCUT2D eigenvalue weighted by Crippen LogP contribution is 2.38. The number of nitrogens with one attached hydrogen (secondary N) is 1. The number of ether oxygens (including phenoxy) is 2. The van der Waals surface area contributed by atoms with E-state index in [1.165, 1.54) is 12.1 Å². The first kappa shape index (κ1) is 23.7. The van der Waals surface area contributed by atoms with Gasteiger partial charge in [0, 0.05) is 17.8 Å². The van der Waals surface area contributed by atoms with Crippen LogP contribution in [0.1, 0.15) is 34.0 Å². The molecule has 0 fully saturated rings. The molecule has 0 saturated carbocycles. The van der Waals surface area contributed by atoms with Gasteiger partial charge in [0.2, 0.25) is 0 Å². The van der Waals surface area contributed by atoms with Gasteiger partial charge in [-0.1, -0.05) is 35.3 Å². The lowest BCUT2D eigenvalue weighted by atomic mass is 10.1. The van der Waals surface area contributed by atoms with Crippen molar-refractivity contribution >= 4 is 34.9 Å². The molecule has 0 heterocycles. The summed E-state index contributed by atoms with van der Waals surface area (Å²) < 4.78 is 24.8. The first-order valence-corrected chi connectivity index (χ1v) is 10.6. The van der Waals surface area contributed by atoms with Crippen LogP contribution in [0.3, 0.4) is 0 Å². The minimum Gasteiger partial charge on any atom is -0.490 e. The third-order valence-corrected chi connectivity index (χ3v) is 5.36. The van der Waals surface area contributed by atoms with E-state index in [0.29, 0.717) is 40.9 Å². The number of hydrogen-bond acceptors (Lipinski definition) is 4. The van der Waals surface area contributed by atoms with Crippen LogP contribution in [0.2, 0.25) is 10.0 Å². The monoisotopic (exact) mass is 477 g/mol. The maximum atomic E-state index is 13.3. The number of aromatic carboxylic acids is 1. The van der Waals surface area contributed by atoms with Gasteiger partial charge in [-0.15, -0.1) is 0 Å². The molecular weight excluding hydrogens is 456 g/mol.